The van der Waals surface area contributed by atoms with E-state index in [4.69, 9.17) is 4.74 Å². The number of ketones is 1. The van der Waals surface area contributed by atoms with Crippen LogP contribution in [0.2, 0.25) is 0 Å². The monoisotopic (exact) mass is 549 g/mol. The number of morpholine rings is 1. The summed E-state index contributed by atoms with van der Waals surface area (Å²) in [6, 6.07) is 10.9. The zero-order valence-electron chi connectivity index (χ0n) is 22.3. The number of aromatic nitrogens is 1. The fourth-order valence-corrected chi connectivity index (χ4v) is 5.28. The number of piperazine rings is 1. The molecule has 2 N–H and O–H groups in total. The lowest BCUT2D eigenvalue weighted by atomic mass is 10.0. The summed E-state index contributed by atoms with van der Waals surface area (Å²) in [6.45, 7) is 6.45. The van der Waals surface area contributed by atoms with Crippen LogP contribution in [0.15, 0.2) is 48.7 Å². The molecule has 3 heterocycles. The molecule has 3 amide bonds. The van der Waals surface area contributed by atoms with Gasteiger partial charge in [0.1, 0.15) is 5.82 Å². The van der Waals surface area contributed by atoms with Gasteiger partial charge in [-0.2, -0.15) is 0 Å². The molecule has 0 unspecified atom stereocenters. The van der Waals surface area contributed by atoms with E-state index in [0.29, 0.717) is 31.9 Å². The van der Waals surface area contributed by atoms with Gasteiger partial charge in [0.15, 0.2) is 0 Å². The number of carbonyl (C=O) groups is 4. The van der Waals surface area contributed by atoms with E-state index in [2.05, 4.69) is 15.2 Å². The van der Waals surface area contributed by atoms with Gasteiger partial charge in [-0.15, -0.1) is 0 Å². The summed E-state index contributed by atoms with van der Waals surface area (Å²) in [7, 11) is 0. The lowest BCUT2D eigenvalue weighted by Crippen LogP contribution is -2.56. The van der Waals surface area contributed by atoms with Crippen LogP contribution in [0.4, 0.5) is 4.39 Å². The third-order valence-electron chi connectivity index (χ3n) is 7.48. The number of hydrogen-bond donors (Lipinski definition) is 2. The van der Waals surface area contributed by atoms with E-state index in [1.807, 2.05) is 6.07 Å². The molecule has 2 aliphatic rings. The van der Waals surface area contributed by atoms with Gasteiger partial charge < -0.3 is 24.8 Å². The predicted molar refractivity (Wildman–Crippen MR) is 146 cm³/mol. The number of halogens is 1. The maximum atomic E-state index is 15.0. The molecule has 2 fully saturated rings. The number of ether oxygens (including phenoxy) is 1. The van der Waals surface area contributed by atoms with Gasteiger partial charge in [0, 0.05) is 69.0 Å². The molecule has 10 nitrogen and oxygen atoms in total. The second kappa shape index (κ2) is 12.0. The van der Waals surface area contributed by atoms with E-state index in [1.165, 1.54) is 17.2 Å². The second-order valence-corrected chi connectivity index (χ2v) is 10.1. The molecule has 2 aromatic carbocycles. The van der Waals surface area contributed by atoms with E-state index >= 15 is 0 Å². The van der Waals surface area contributed by atoms with Gasteiger partial charge in [0.25, 0.3) is 23.5 Å². The van der Waals surface area contributed by atoms with Gasteiger partial charge >= 0.3 is 0 Å². The van der Waals surface area contributed by atoms with Crippen LogP contribution >= 0.6 is 0 Å². The van der Waals surface area contributed by atoms with Crippen molar-refractivity contribution in [3.8, 4) is 0 Å². The van der Waals surface area contributed by atoms with Gasteiger partial charge in [0.05, 0.1) is 29.9 Å². The molecule has 0 saturated carbocycles. The predicted octanol–water partition coefficient (Wildman–Crippen LogP) is 1.92. The molecule has 0 spiro atoms. The van der Waals surface area contributed by atoms with Gasteiger partial charge in [-0.25, -0.2) is 4.39 Å². The molecule has 210 valence electrons. The molecule has 0 aliphatic carbocycles. The molecule has 11 heteroatoms. The first-order valence-corrected chi connectivity index (χ1v) is 13.4. The van der Waals surface area contributed by atoms with Gasteiger partial charge in [-0.3, -0.25) is 24.1 Å². The van der Waals surface area contributed by atoms with E-state index < -0.39 is 29.5 Å². The number of nitrogens with one attached hydrogen (secondary N) is 2. The van der Waals surface area contributed by atoms with Crippen molar-refractivity contribution in [3.05, 3.63) is 71.2 Å². The summed E-state index contributed by atoms with van der Waals surface area (Å²) in [4.78, 5) is 60.4. The number of fused-ring (bicyclic) bond motifs is 1. The molecule has 0 bridgehead atoms. The van der Waals surface area contributed by atoms with Gasteiger partial charge in [-0.1, -0.05) is 18.2 Å². The number of Topliss-reactive ketones (excluding diaryl/α,β-unsaturated/α-hetero) is 1. The average Bonchev–Trinajstić information content (AvgIpc) is 3.43. The highest BCUT2D eigenvalue weighted by molar-refractivity contribution is 6.45. The smallest absolute Gasteiger partial charge is 0.295 e. The minimum absolute atomic E-state index is 0.0928. The van der Waals surface area contributed by atoms with Crippen molar-refractivity contribution in [1.29, 1.82) is 0 Å². The highest BCUT2D eigenvalue weighted by Crippen LogP contribution is 2.26. The topological polar surface area (TPSA) is 115 Å². The third-order valence-corrected chi connectivity index (χ3v) is 7.48. The van der Waals surface area contributed by atoms with Crippen molar-refractivity contribution in [3.63, 3.8) is 0 Å². The molecule has 40 heavy (non-hydrogen) atoms. The molecular formula is C29H32FN5O5. The second-order valence-electron chi connectivity index (χ2n) is 10.1. The number of H-pyrrole nitrogens is 1. The quantitative estimate of drug-likeness (QED) is 0.344. The molecule has 0 radical (unpaired) electrons. The maximum Gasteiger partial charge on any atom is 0.295 e. The number of hydrogen-bond acceptors (Lipinski definition) is 6. The molecule has 2 saturated heterocycles. The zero-order chi connectivity index (χ0) is 28.2. The average molecular weight is 550 g/mol. The van der Waals surface area contributed by atoms with E-state index in [1.54, 1.807) is 36.1 Å². The molecule has 1 aromatic heterocycles. The van der Waals surface area contributed by atoms with Crippen molar-refractivity contribution in [1.82, 2.24) is 25.0 Å². The van der Waals surface area contributed by atoms with E-state index in [0.717, 1.165) is 19.2 Å². The van der Waals surface area contributed by atoms with Crippen LogP contribution in [0.5, 0.6) is 0 Å². The van der Waals surface area contributed by atoms with Crippen molar-refractivity contribution in [2.75, 3.05) is 59.0 Å². The van der Waals surface area contributed by atoms with Crippen LogP contribution in [0.1, 0.15) is 38.0 Å². The van der Waals surface area contributed by atoms with Crippen molar-refractivity contribution >= 4 is 34.4 Å². The number of benzene rings is 2. The van der Waals surface area contributed by atoms with E-state index in [9.17, 15) is 23.6 Å². The SMILES string of the molecule is C[C@@H]1CN(C(=O)c2ccccc2)CCN1C(=O)C(=O)c1c[nH]c2c(C(=O)NCCN3CCOCC3)ccc(F)c12. The van der Waals surface area contributed by atoms with Crippen LogP contribution in [0.3, 0.4) is 0 Å². The Hall–Kier alpha value is -4.09. The van der Waals surface area contributed by atoms with Crippen LogP contribution in [0.25, 0.3) is 10.9 Å². The van der Waals surface area contributed by atoms with Crippen molar-refractivity contribution in [2.24, 2.45) is 0 Å². The standard InChI is InChI=1S/C29H32FN5O5/c1-19-18-34(28(38)20-5-3-2-4-6-20)11-12-35(19)29(39)26(36)22-17-32-25-21(7-8-23(30)24(22)25)27(37)31-9-10-33-13-15-40-16-14-33/h2-8,17,19,32H,9-16,18H2,1H3,(H,31,37)/t19-/m1/s1. The first kappa shape index (κ1) is 27.5. The molecular weight excluding hydrogens is 517 g/mol. The van der Waals surface area contributed by atoms with Gasteiger partial charge in [0.2, 0.25) is 0 Å². The molecule has 3 aromatic rings. The number of aromatic amines is 1. The van der Waals surface area contributed by atoms with Crippen LogP contribution in [-0.4, -0.2) is 108 Å². The Morgan fingerprint density at radius 3 is 2.48 bits per heavy atom. The fourth-order valence-electron chi connectivity index (χ4n) is 5.28. The van der Waals surface area contributed by atoms with Crippen molar-refractivity contribution < 1.29 is 28.3 Å². The summed E-state index contributed by atoms with van der Waals surface area (Å²) in [5.74, 6) is -2.90. The molecule has 2 aliphatic heterocycles. The minimum Gasteiger partial charge on any atom is -0.379 e. The lowest BCUT2D eigenvalue weighted by Gasteiger charge is -2.39. The number of carbonyl (C=O) groups excluding carboxylic acids is 4. The van der Waals surface area contributed by atoms with Crippen LogP contribution in [-0.2, 0) is 9.53 Å². The lowest BCUT2D eigenvalue weighted by molar-refractivity contribution is -0.130. The Kier molecular flexibility index (Phi) is 8.22. The molecule has 5 rings (SSSR count). The summed E-state index contributed by atoms with van der Waals surface area (Å²) >= 11 is 0. The Morgan fingerprint density at radius 1 is 1.00 bits per heavy atom. The van der Waals surface area contributed by atoms with Crippen molar-refractivity contribution in [2.45, 2.75) is 13.0 Å². The summed E-state index contributed by atoms with van der Waals surface area (Å²) < 4.78 is 20.3. The highest BCUT2D eigenvalue weighted by Gasteiger charge is 2.35. The summed E-state index contributed by atoms with van der Waals surface area (Å²) in [6.07, 6.45) is 1.28. The third kappa shape index (κ3) is 5.61. The Bertz CT molecular complexity index is 1420. The number of amides is 3. The Balaban J connectivity index is 1.27. The number of rotatable bonds is 7. The summed E-state index contributed by atoms with van der Waals surface area (Å²) in [5, 5.41) is 2.75. The fraction of sp³-hybridized carbons (Fsp3) is 0.379. The first-order valence-electron chi connectivity index (χ1n) is 13.4. The normalized spacial score (nSPS) is 18.1. The van der Waals surface area contributed by atoms with Crippen LogP contribution < -0.4 is 5.32 Å². The largest absolute Gasteiger partial charge is 0.379 e. The first-order chi connectivity index (χ1) is 19.3. The number of nitrogens with zero attached hydrogens (tertiary/aromatic N) is 3. The van der Waals surface area contributed by atoms with E-state index in [-0.39, 0.29) is 47.6 Å². The summed E-state index contributed by atoms with van der Waals surface area (Å²) in [5.41, 5.74) is 0.772. The zero-order valence-corrected chi connectivity index (χ0v) is 22.3. The Morgan fingerprint density at radius 2 is 1.75 bits per heavy atom. The minimum atomic E-state index is -0.871. The highest BCUT2D eigenvalue weighted by atomic mass is 19.1. The molecule has 1 atom stereocenters. The Labute approximate surface area is 231 Å². The maximum absolute atomic E-state index is 15.0. The van der Waals surface area contributed by atoms with Crippen LogP contribution in [0, 0.1) is 5.82 Å². The van der Waals surface area contributed by atoms with Gasteiger partial charge in [-0.05, 0) is 31.2 Å².